The van der Waals surface area contributed by atoms with E-state index in [0.717, 1.165) is 67.4 Å². The van der Waals surface area contributed by atoms with Crippen molar-refractivity contribution in [2.24, 2.45) is 0 Å². The lowest BCUT2D eigenvalue weighted by Gasteiger charge is -2.26. The van der Waals surface area contributed by atoms with E-state index in [0.29, 0.717) is 0 Å². The van der Waals surface area contributed by atoms with Gasteiger partial charge >= 0.3 is 0 Å². The minimum Gasteiger partial charge on any atom is -0.449 e. The highest BCUT2D eigenvalue weighted by Crippen LogP contribution is 2.56. The van der Waals surface area contributed by atoms with Crippen LogP contribution in [0.1, 0.15) is 25.0 Å². The Morgan fingerprint density at radius 2 is 1.16 bits per heavy atom. The highest BCUT2D eigenvalue weighted by Gasteiger charge is 2.37. The lowest BCUT2D eigenvalue weighted by atomic mass is 9.82. The number of hydrogen-bond acceptors (Lipinski definition) is 3. The van der Waals surface area contributed by atoms with Crippen molar-refractivity contribution < 1.29 is 9.47 Å². The molecule has 1 aliphatic heterocycles. The lowest BCUT2D eigenvalue weighted by molar-refractivity contribution is 0.360. The Morgan fingerprint density at radius 3 is 2.04 bits per heavy atom. The third-order valence-electron chi connectivity index (χ3n) is 9.34. The highest BCUT2D eigenvalue weighted by molar-refractivity contribution is 5.96. The van der Waals surface area contributed by atoms with Crippen LogP contribution in [0.5, 0.6) is 23.0 Å². The van der Waals surface area contributed by atoms with E-state index in [1.165, 1.54) is 22.3 Å². The van der Waals surface area contributed by atoms with Gasteiger partial charge in [0.15, 0.2) is 23.0 Å². The second-order valence-corrected chi connectivity index (χ2v) is 12.4. The zero-order valence-electron chi connectivity index (χ0n) is 25.0. The standard InChI is InChI=1S/C42H29NO2/c1-42(2)34-18-7-6-15-31(34)33-24-39-40(25-35(33)42)44-38-20-10-17-30(41(38)45-39)28-14-8-13-27(23-28)29-16-9-19-37-32(29)21-22-36(43-37)26-11-4-3-5-12-26/h3-25H,1-2H3. The number of fused-ring (bicyclic) bond motifs is 6. The van der Waals surface area contributed by atoms with E-state index in [9.17, 15) is 0 Å². The molecular formula is C42H29NO2. The van der Waals surface area contributed by atoms with Crippen LogP contribution in [0.4, 0.5) is 0 Å². The number of benzene rings is 6. The van der Waals surface area contributed by atoms with Crippen molar-refractivity contribution in [3.63, 3.8) is 0 Å². The molecule has 0 radical (unpaired) electrons. The molecule has 0 fully saturated rings. The molecule has 0 saturated heterocycles. The topological polar surface area (TPSA) is 31.4 Å². The van der Waals surface area contributed by atoms with Crippen LogP contribution >= 0.6 is 0 Å². The molecule has 3 nitrogen and oxygen atoms in total. The van der Waals surface area contributed by atoms with E-state index in [2.05, 4.69) is 123 Å². The maximum atomic E-state index is 6.71. The van der Waals surface area contributed by atoms with Gasteiger partial charge in [0.25, 0.3) is 0 Å². The van der Waals surface area contributed by atoms with Gasteiger partial charge in [-0.05, 0) is 75.3 Å². The maximum absolute atomic E-state index is 6.71. The second-order valence-electron chi connectivity index (χ2n) is 12.4. The van der Waals surface area contributed by atoms with Gasteiger partial charge in [-0.3, -0.25) is 0 Å². The summed E-state index contributed by atoms with van der Waals surface area (Å²) in [5.41, 5.74) is 12.3. The van der Waals surface area contributed by atoms with Crippen molar-refractivity contribution in [2.45, 2.75) is 19.3 Å². The van der Waals surface area contributed by atoms with Crippen LogP contribution in [0, 0.1) is 0 Å². The summed E-state index contributed by atoms with van der Waals surface area (Å²) in [6.45, 7) is 4.56. The van der Waals surface area contributed by atoms with Crippen LogP contribution in [0.25, 0.3) is 55.5 Å². The zero-order chi connectivity index (χ0) is 30.1. The molecule has 214 valence electrons. The molecule has 0 amide bonds. The maximum Gasteiger partial charge on any atom is 0.177 e. The van der Waals surface area contributed by atoms with Crippen molar-refractivity contribution in [3.8, 4) is 67.6 Å². The van der Waals surface area contributed by atoms with Crippen molar-refractivity contribution in [2.75, 3.05) is 0 Å². The van der Waals surface area contributed by atoms with Crippen molar-refractivity contribution in [3.05, 3.63) is 151 Å². The van der Waals surface area contributed by atoms with Crippen LogP contribution in [0.2, 0.25) is 0 Å². The van der Waals surface area contributed by atoms with Gasteiger partial charge in [0.2, 0.25) is 0 Å². The smallest absolute Gasteiger partial charge is 0.177 e. The monoisotopic (exact) mass is 579 g/mol. The first-order chi connectivity index (χ1) is 22.0. The number of para-hydroxylation sites is 1. The summed E-state index contributed by atoms with van der Waals surface area (Å²) in [6.07, 6.45) is 0. The third kappa shape index (κ3) is 4.01. The number of ether oxygens (including phenoxy) is 2. The van der Waals surface area contributed by atoms with Crippen LogP contribution in [0.15, 0.2) is 140 Å². The minimum absolute atomic E-state index is 0.104. The van der Waals surface area contributed by atoms with Gasteiger partial charge in [0.05, 0.1) is 11.2 Å². The highest BCUT2D eigenvalue weighted by atomic mass is 16.6. The number of rotatable bonds is 3. The Morgan fingerprint density at radius 1 is 0.467 bits per heavy atom. The summed E-state index contributed by atoms with van der Waals surface area (Å²) >= 11 is 0. The summed E-state index contributed by atoms with van der Waals surface area (Å²) in [6, 6.07) is 48.7. The van der Waals surface area contributed by atoms with E-state index in [1.54, 1.807) is 0 Å². The van der Waals surface area contributed by atoms with E-state index in [-0.39, 0.29) is 5.41 Å². The van der Waals surface area contributed by atoms with Gasteiger partial charge in [-0.2, -0.15) is 0 Å². The van der Waals surface area contributed by atoms with Gasteiger partial charge in [-0.25, -0.2) is 4.98 Å². The van der Waals surface area contributed by atoms with Gasteiger partial charge in [0, 0.05) is 21.9 Å². The van der Waals surface area contributed by atoms with Crippen molar-refractivity contribution >= 4 is 10.9 Å². The number of pyridine rings is 1. The number of nitrogens with zero attached hydrogens (tertiary/aromatic N) is 1. The van der Waals surface area contributed by atoms with Crippen LogP contribution < -0.4 is 9.47 Å². The third-order valence-corrected chi connectivity index (χ3v) is 9.34. The number of aromatic nitrogens is 1. The lowest BCUT2D eigenvalue weighted by Crippen LogP contribution is -2.15. The van der Waals surface area contributed by atoms with E-state index in [1.807, 2.05) is 30.3 Å². The Balaban J connectivity index is 1.11. The fraction of sp³-hybridized carbons (Fsp3) is 0.0714. The SMILES string of the molecule is CC1(C)c2ccccc2-c2cc3c(cc21)Oc1cccc(-c2cccc(-c4cccc5nc(-c6ccccc6)ccc45)c2)c1O3. The molecule has 1 aromatic heterocycles. The molecular weight excluding hydrogens is 550 g/mol. The largest absolute Gasteiger partial charge is 0.449 e. The molecule has 0 bridgehead atoms. The van der Waals surface area contributed by atoms with Crippen molar-refractivity contribution in [1.82, 2.24) is 4.98 Å². The summed E-state index contributed by atoms with van der Waals surface area (Å²) in [5, 5.41) is 1.12. The first kappa shape index (κ1) is 25.8. The molecule has 9 rings (SSSR count). The predicted octanol–water partition coefficient (Wildman–Crippen LogP) is 11.4. The Kier molecular flexibility index (Phi) is 5.54. The Hall–Kier alpha value is -5.67. The van der Waals surface area contributed by atoms with Gasteiger partial charge in [-0.15, -0.1) is 0 Å². The summed E-state index contributed by atoms with van der Waals surface area (Å²) in [7, 11) is 0. The van der Waals surface area contributed by atoms with Crippen LogP contribution in [-0.4, -0.2) is 4.98 Å². The second kappa shape index (κ2) is 9.67. The molecule has 0 N–H and O–H groups in total. The average Bonchev–Trinajstić information content (AvgIpc) is 3.31. The van der Waals surface area contributed by atoms with Crippen LogP contribution in [0.3, 0.4) is 0 Å². The molecule has 0 atom stereocenters. The Labute approximate surface area is 262 Å². The molecule has 2 aliphatic rings. The molecule has 1 aliphatic carbocycles. The normalized spacial score (nSPS) is 13.6. The summed E-state index contributed by atoms with van der Waals surface area (Å²) in [5.74, 6) is 2.96. The first-order valence-electron chi connectivity index (χ1n) is 15.4. The molecule has 0 spiro atoms. The Bertz CT molecular complexity index is 2300. The van der Waals surface area contributed by atoms with E-state index in [4.69, 9.17) is 14.5 Å². The van der Waals surface area contributed by atoms with Gasteiger partial charge < -0.3 is 9.47 Å². The molecule has 45 heavy (non-hydrogen) atoms. The molecule has 0 unspecified atom stereocenters. The summed E-state index contributed by atoms with van der Waals surface area (Å²) < 4.78 is 13.3. The quantitative estimate of drug-likeness (QED) is 0.209. The molecule has 2 heterocycles. The first-order valence-corrected chi connectivity index (χ1v) is 15.4. The van der Waals surface area contributed by atoms with E-state index >= 15 is 0 Å². The predicted molar refractivity (Wildman–Crippen MR) is 182 cm³/mol. The van der Waals surface area contributed by atoms with E-state index < -0.39 is 0 Å². The van der Waals surface area contributed by atoms with Gasteiger partial charge in [-0.1, -0.05) is 117 Å². The average molecular weight is 580 g/mol. The van der Waals surface area contributed by atoms with Gasteiger partial charge in [0.1, 0.15) is 0 Å². The fourth-order valence-corrected chi connectivity index (χ4v) is 7.06. The van der Waals surface area contributed by atoms with Crippen molar-refractivity contribution in [1.29, 1.82) is 0 Å². The number of hydrogen-bond donors (Lipinski definition) is 0. The van der Waals surface area contributed by atoms with Crippen LogP contribution in [-0.2, 0) is 5.41 Å². The minimum atomic E-state index is -0.104. The molecule has 7 aromatic rings. The zero-order valence-corrected chi connectivity index (χ0v) is 25.0. The summed E-state index contributed by atoms with van der Waals surface area (Å²) in [4.78, 5) is 5.00. The molecule has 0 saturated carbocycles. The fourth-order valence-electron chi connectivity index (χ4n) is 7.06. The molecule has 3 heteroatoms. The molecule has 6 aromatic carbocycles.